The van der Waals surface area contributed by atoms with E-state index in [0.717, 1.165) is 39.1 Å². The van der Waals surface area contributed by atoms with E-state index in [4.69, 9.17) is 0 Å². The Labute approximate surface area is 98.0 Å². The van der Waals surface area contributed by atoms with E-state index in [9.17, 15) is 4.79 Å². The van der Waals surface area contributed by atoms with E-state index >= 15 is 0 Å². The van der Waals surface area contributed by atoms with Gasteiger partial charge >= 0.3 is 0 Å². The number of nitrogens with zero attached hydrogens (tertiary/aromatic N) is 2. The SMILES string of the molecule is CNCC1(CN2CCN(C=O)CC2)CCC1. The van der Waals surface area contributed by atoms with Gasteiger partial charge in [-0.1, -0.05) is 6.42 Å². The fourth-order valence-corrected chi connectivity index (χ4v) is 2.94. The van der Waals surface area contributed by atoms with Crippen molar-refractivity contribution in [1.29, 1.82) is 0 Å². The molecule has 1 amide bonds. The minimum atomic E-state index is 0.526. The van der Waals surface area contributed by atoms with Crippen LogP contribution in [0.3, 0.4) is 0 Å². The zero-order valence-electron chi connectivity index (χ0n) is 10.2. The summed E-state index contributed by atoms with van der Waals surface area (Å²) >= 11 is 0. The summed E-state index contributed by atoms with van der Waals surface area (Å²) in [6, 6.07) is 0. The Bertz CT molecular complexity index is 232. The summed E-state index contributed by atoms with van der Waals surface area (Å²) in [5, 5.41) is 3.33. The third-order valence-corrected chi connectivity index (χ3v) is 4.08. The maximum atomic E-state index is 10.6. The highest BCUT2D eigenvalue weighted by Gasteiger charge is 2.38. The van der Waals surface area contributed by atoms with Crippen LogP contribution in [0.15, 0.2) is 0 Å². The second kappa shape index (κ2) is 5.15. The van der Waals surface area contributed by atoms with E-state index in [2.05, 4.69) is 10.2 Å². The molecule has 4 nitrogen and oxygen atoms in total. The summed E-state index contributed by atoms with van der Waals surface area (Å²) in [6.45, 7) is 6.24. The quantitative estimate of drug-likeness (QED) is 0.677. The molecule has 0 unspecified atom stereocenters. The third kappa shape index (κ3) is 2.55. The molecule has 2 fully saturated rings. The van der Waals surface area contributed by atoms with Crippen LogP contribution in [-0.4, -0.2) is 62.5 Å². The van der Waals surface area contributed by atoms with Crippen LogP contribution in [0.2, 0.25) is 0 Å². The largest absolute Gasteiger partial charge is 0.343 e. The Hall–Kier alpha value is -0.610. The van der Waals surface area contributed by atoms with E-state index in [1.807, 2.05) is 11.9 Å². The van der Waals surface area contributed by atoms with Crippen LogP contribution in [0.4, 0.5) is 0 Å². The summed E-state index contributed by atoms with van der Waals surface area (Å²) in [7, 11) is 2.05. The summed E-state index contributed by atoms with van der Waals surface area (Å²) in [5.74, 6) is 0. The zero-order chi connectivity index (χ0) is 11.4. The van der Waals surface area contributed by atoms with Crippen molar-refractivity contribution in [2.24, 2.45) is 5.41 Å². The molecule has 0 radical (unpaired) electrons. The Morgan fingerprint density at radius 2 is 1.94 bits per heavy atom. The van der Waals surface area contributed by atoms with Crippen LogP contribution in [0.25, 0.3) is 0 Å². The standard InChI is InChI=1S/C12H23N3O/c1-13-9-12(3-2-4-12)10-14-5-7-15(11-16)8-6-14/h11,13H,2-10H2,1H3. The van der Waals surface area contributed by atoms with Crippen LogP contribution in [0.5, 0.6) is 0 Å². The molecule has 1 heterocycles. The molecule has 1 aliphatic carbocycles. The zero-order valence-corrected chi connectivity index (χ0v) is 10.2. The van der Waals surface area contributed by atoms with Gasteiger partial charge in [-0.2, -0.15) is 0 Å². The van der Waals surface area contributed by atoms with E-state index in [0.29, 0.717) is 5.41 Å². The lowest BCUT2D eigenvalue weighted by Crippen LogP contribution is -2.53. The number of rotatable bonds is 5. The molecule has 0 spiro atoms. The van der Waals surface area contributed by atoms with Crippen molar-refractivity contribution in [3.63, 3.8) is 0 Å². The number of nitrogens with one attached hydrogen (secondary N) is 1. The van der Waals surface area contributed by atoms with E-state index in [1.165, 1.54) is 25.8 Å². The van der Waals surface area contributed by atoms with Crippen molar-refractivity contribution >= 4 is 6.41 Å². The van der Waals surface area contributed by atoms with Gasteiger partial charge in [-0.25, -0.2) is 0 Å². The predicted molar refractivity (Wildman–Crippen MR) is 64.3 cm³/mol. The van der Waals surface area contributed by atoms with Crippen molar-refractivity contribution in [1.82, 2.24) is 15.1 Å². The molecule has 92 valence electrons. The van der Waals surface area contributed by atoms with Gasteiger partial charge in [0.05, 0.1) is 0 Å². The van der Waals surface area contributed by atoms with Crippen LogP contribution in [0, 0.1) is 5.41 Å². The number of hydrogen-bond donors (Lipinski definition) is 1. The maximum Gasteiger partial charge on any atom is 0.209 e. The molecule has 4 heteroatoms. The van der Waals surface area contributed by atoms with E-state index in [1.54, 1.807) is 0 Å². The molecular formula is C12H23N3O. The summed E-state index contributed by atoms with van der Waals surface area (Å²) < 4.78 is 0. The normalized spacial score (nSPS) is 25.2. The Kier molecular flexibility index (Phi) is 3.82. The second-order valence-electron chi connectivity index (χ2n) is 5.30. The maximum absolute atomic E-state index is 10.6. The van der Waals surface area contributed by atoms with Crippen molar-refractivity contribution < 1.29 is 4.79 Å². The van der Waals surface area contributed by atoms with Gasteiger partial charge in [0.2, 0.25) is 6.41 Å². The van der Waals surface area contributed by atoms with Gasteiger partial charge in [-0.05, 0) is 25.3 Å². The number of hydrogen-bond acceptors (Lipinski definition) is 3. The lowest BCUT2D eigenvalue weighted by Gasteiger charge is -2.46. The number of piperazine rings is 1. The first kappa shape index (κ1) is 11.9. The third-order valence-electron chi connectivity index (χ3n) is 4.08. The smallest absolute Gasteiger partial charge is 0.209 e. The van der Waals surface area contributed by atoms with Crippen LogP contribution < -0.4 is 5.32 Å². The first-order chi connectivity index (χ1) is 7.78. The van der Waals surface area contributed by atoms with Gasteiger partial charge in [-0.3, -0.25) is 9.69 Å². The Balaban J connectivity index is 1.79. The van der Waals surface area contributed by atoms with Crippen LogP contribution in [0.1, 0.15) is 19.3 Å². The van der Waals surface area contributed by atoms with Crippen molar-refractivity contribution in [3.05, 3.63) is 0 Å². The van der Waals surface area contributed by atoms with Crippen molar-refractivity contribution in [3.8, 4) is 0 Å². The molecule has 1 saturated carbocycles. The molecule has 2 aliphatic rings. The molecule has 16 heavy (non-hydrogen) atoms. The molecule has 2 rings (SSSR count). The van der Waals surface area contributed by atoms with Crippen LogP contribution >= 0.6 is 0 Å². The lowest BCUT2D eigenvalue weighted by atomic mass is 9.68. The molecule has 1 aliphatic heterocycles. The second-order valence-corrected chi connectivity index (χ2v) is 5.30. The van der Waals surface area contributed by atoms with Crippen molar-refractivity contribution in [2.45, 2.75) is 19.3 Å². The van der Waals surface area contributed by atoms with Crippen molar-refractivity contribution in [2.75, 3.05) is 46.3 Å². The minimum Gasteiger partial charge on any atom is -0.343 e. The average molecular weight is 225 g/mol. The van der Waals surface area contributed by atoms with Gasteiger partial charge in [-0.15, -0.1) is 0 Å². The van der Waals surface area contributed by atoms with E-state index < -0.39 is 0 Å². The van der Waals surface area contributed by atoms with Gasteiger partial charge < -0.3 is 10.2 Å². The number of carbonyl (C=O) groups is 1. The topological polar surface area (TPSA) is 35.6 Å². The molecule has 0 aromatic heterocycles. The van der Waals surface area contributed by atoms with Gasteiger partial charge in [0, 0.05) is 39.3 Å². The van der Waals surface area contributed by atoms with E-state index in [-0.39, 0.29) is 0 Å². The summed E-state index contributed by atoms with van der Waals surface area (Å²) in [6.07, 6.45) is 5.09. The van der Waals surface area contributed by atoms with Gasteiger partial charge in [0.1, 0.15) is 0 Å². The minimum absolute atomic E-state index is 0.526. The highest BCUT2D eigenvalue weighted by Crippen LogP contribution is 2.41. The summed E-state index contributed by atoms with van der Waals surface area (Å²) in [5.41, 5.74) is 0.526. The predicted octanol–water partition coefficient (Wildman–Crippen LogP) is 0.150. The van der Waals surface area contributed by atoms with Gasteiger partial charge in [0.25, 0.3) is 0 Å². The molecule has 0 aromatic carbocycles. The highest BCUT2D eigenvalue weighted by atomic mass is 16.1. The first-order valence-electron chi connectivity index (χ1n) is 6.34. The molecule has 0 atom stereocenters. The number of amides is 1. The fourth-order valence-electron chi connectivity index (χ4n) is 2.94. The first-order valence-corrected chi connectivity index (χ1v) is 6.34. The molecular weight excluding hydrogens is 202 g/mol. The Morgan fingerprint density at radius 1 is 1.25 bits per heavy atom. The number of carbonyl (C=O) groups excluding carboxylic acids is 1. The lowest BCUT2D eigenvalue weighted by molar-refractivity contribution is -0.120. The average Bonchev–Trinajstić information content (AvgIpc) is 2.27. The molecule has 1 saturated heterocycles. The fraction of sp³-hybridized carbons (Fsp3) is 0.917. The van der Waals surface area contributed by atoms with Gasteiger partial charge in [0.15, 0.2) is 0 Å². The van der Waals surface area contributed by atoms with Crippen LogP contribution in [-0.2, 0) is 4.79 Å². The molecule has 0 aromatic rings. The molecule has 1 N–H and O–H groups in total. The monoisotopic (exact) mass is 225 g/mol. The molecule has 0 bridgehead atoms. The highest BCUT2D eigenvalue weighted by molar-refractivity contribution is 5.47. The Morgan fingerprint density at radius 3 is 2.38 bits per heavy atom. The summed E-state index contributed by atoms with van der Waals surface area (Å²) in [4.78, 5) is 15.0.